The van der Waals surface area contributed by atoms with Crippen LogP contribution in [0.1, 0.15) is 28.4 Å². The van der Waals surface area contributed by atoms with E-state index in [0.29, 0.717) is 18.0 Å². The summed E-state index contributed by atoms with van der Waals surface area (Å²) in [5.41, 5.74) is 5.97. The Morgan fingerprint density at radius 2 is 1.68 bits per heavy atom. The molecule has 0 bridgehead atoms. The molecular weight excluding hydrogens is 426 g/mol. The standard InChI is InChI=1S/C28H27N3O3/c1-19-10-13-22(14-11-19)29-28(32)31-18-21-7-4-5-8-23(21)30-16-6-9-24(30)27(31)20-12-15-25(33-2)26(17-20)34-3/h4-17,27H,18H2,1-3H3,(H,29,32)/t27-/m0/s1. The molecule has 1 aliphatic rings. The number of urea groups is 1. The molecule has 1 aromatic heterocycles. The Morgan fingerprint density at radius 3 is 2.44 bits per heavy atom. The number of benzene rings is 3. The van der Waals surface area contributed by atoms with Gasteiger partial charge in [-0.05, 0) is 60.5 Å². The second-order valence-electron chi connectivity index (χ2n) is 8.37. The predicted octanol–water partition coefficient (Wildman–Crippen LogP) is 5.94. The van der Waals surface area contributed by atoms with Gasteiger partial charge in [0.25, 0.3) is 0 Å². The number of nitrogens with one attached hydrogen (secondary N) is 1. The maximum atomic E-state index is 13.8. The van der Waals surface area contributed by atoms with E-state index in [9.17, 15) is 4.79 Å². The number of para-hydroxylation sites is 1. The largest absolute Gasteiger partial charge is 0.493 e. The maximum Gasteiger partial charge on any atom is 0.322 e. The number of hydrogen-bond donors (Lipinski definition) is 1. The summed E-state index contributed by atoms with van der Waals surface area (Å²) >= 11 is 0. The molecule has 2 amide bonds. The van der Waals surface area contributed by atoms with Crippen LogP contribution in [0.5, 0.6) is 11.5 Å². The first-order chi connectivity index (χ1) is 16.6. The van der Waals surface area contributed by atoms with Gasteiger partial charge in [0.15, 0.2) is 11.5 Å². The first-order valence-electron chi connectivity index (χ1n) is 11.2. The van der Waals surface area contributed by atoms with Crippen LogP contribution in [0.25, 0.3) is 5.69 Å². The monoisotopic (exact) mass is 453 g/mol. The van der Waals surface area contributed by atoms with Crippen LogP contribution in [0.4, 0.5) is 10.5 Å². The highest BCUT2D eigenvalue weighted by Crippen LogP contribution is 2.39. The first kappa shape index (κ1) is 21.6. The normalized spacial score (nSPS) is 14.6. The van der Waals surface area contributed by atoms with Gasteiger partial charge in [-0.15, -0.1) is 0 Å². The molecule has 0 spiro atoms. The Hall–Kier alpha value is -4.19. The molecule has 1 atom stereocenters. The number of fused-ring (bicyclic) bond motifs is 3. The molecule has 0 radical (unpaired) electrons. The molecule has 4 aromatic rings. The van der Waals surface area contributed by atoms with Crippen LogP contribution in [0, 0.1) is 6.92 Å². The molecule has 34 heavy (non-hydrogen) atoms. The minimum atomic E-state index is -0.340. The van der Waals surface area contributed by atoms with Crippen molar-refractivity contribution in [1.82, 2.24) is 9.47 Å². The first-order valence-corrected chi connectivity index (χ1v) is 11.2. The fraction of sp³-hybridized carbons (Fsp3) is 0.179. The smallest absolute Gasteiger partial charge is 0.322 e. The van der Waals surface area contributed by atoms with E-state index in [4.69, 9.17) is 9.47 Å². The van der Waals surface area contributed by atoms with Gasteiger partial charge in [0.2, 0.25) is 0 Å². The number of carbonyl (C=O) groups is 1. The highest BCUT2D eigenvalue weighted by Gasteiger charge is 2.33. The molecule has 5 rings (SSSR count). The molecule has 6 heteroatoms. The van der Waals surface area contributed by atoms with Gasteiger partial charge in [-0.1, -0.05) is 42.0 Å². The van der Waals surface area contributed by atoms with Gasteiger partial charge in [0.1, 0.15) is 0 Å². The molecule has 2 heterocycles. The average molecular weight is 454 g/mol. The fourth-order valence-corrected chi connectivity index (χ4v) is 4.55. The lowest BCUT2D eigenvalue weighted by Crippen LogP contribution is -2.37. The number of methoxy groups -OCH3 is 2. The van der Waals surface area contributed by atoms with Crippen molar-refractivity contribution in [3.05, 3.63) is 107 Å². The summed E-state index contributed by atoms with van der Waals surface area (Å²) < 4.78 is 13.2. The Balaban J connectivity index is 1.64. The number of aromatic nitrogens is 1. The van der Waals surface area contributed by atoms with E-state index in [2.05, 4.69) is 28.1 Å². The second kappa shape index (κ2) is 8.98. The van der Waals surface area contributed by atoms with Gasteiger partial charge in [0, 0.05) is 17.6 Å². The van der Waals surface area contributed by atoms with Gasteiger partial charge in [-0.2, -0.15) is 0 Å². The molecular formula is C28H27N3O3. The van der Waals surface area contributed by atoms with Crippen molar-refractivity contribution < 1.29 is 14.3 Å². The lowest BCUT2D eigenvalue weighted by atomic mass is 10.0. The molecule has 3 aromatic carbocycles. The third-order valence-electron chi connectivity index (χ3n) is 6.25. The van der Waals surface area contributed by atoms with E-state index in [-0.39, 0.29) is 12.1 Å². The molecule has 6 nitrogen and oxygen atoms in total. The number of ether oxygens (including phenoxy) is 2. The maximum absolute atomic E-state index is 13.8. The number of hydrogen-bond acceptors (Lipinski definition) is 3. The van der Waals surface area contributed by atoms with Gasteiger partial charge in [-0.25, -0.2) is 4.79 Å². The summed E-state index contributed by atoms with van der Waals surface area (Å²) in [4.78, 5) is 15.6. The van der Waals surface area contributed by atoms with Crippen molar-refractivity contribution in [2.45, 2.75) is 19.5 Å². The lowest BCUT2D eigenvalue weighted by molar-refractivity contribution is 0.194. The highest BCUT2D eigenvalue weighted by atomic mass is 16.5. The summed E-state index contributed by atoms with van der Waals surface area (Å²) in [6.45, 7) is 2.48. The van der Waals surface area contributed by atoms with Crippen LogP contribution in [0.3, 0.4) is 0 Å². The minimum absolute atomic E-state index is 0.173. The SMILES string of the molecule is COc1ccc([C@H]2c3cccn3-c3ccccc3CN2C(=O)Nc2ccc(C)cc2)cc1OC. The van der Waals surface area contributed by atoms with Crippen molar-refractivity contribution in [2.75, 3.05) is 19.5 Å². The summed E-state index contributed by atoms with van der Waals surface area (Å²) in [5.74, 6) is 1.27. The van der Waals surface area contributed by atoms with Crippen LogP contribution in [-0.4, -0.2) is 29.7 Å². The molecule has 0 fully saturated rings. The zero-order valence-electron chi connectivity index (χ0n) is 19.5. The lowest BCUT2D eigenvalue weighted by Gasteiger charge is -2.31. The zero-order valence-corrected chi connectivity index (χ0v) is 19.5. The van der Waals surface area contributed by atoms with Crippen molar-refractivity contribution in [3.63, 3.8) is 0 Å². The van der Waals surface area contributed by atoms with Crippen molar-refractivity contribution in [2.24, 2.45) is 0 Å². The van der Waals surface area contributed by atoms with Crippen LogP contribution in [0.2, 0.25) is 0 Å². The third-order valence-corrected chi connectivity index (χ3v) is 6.25. The number of carbonyl (C=O) groups excluding carboxylic acids is 1. The number of nitrogens with zero attached hydrogens (tertiary/aromatic N) is 2. The Labute approximate surface area is 199 Å². The molecule has 0 unspecified atom stereocenters. The van der Waals surface area contributed by atoms with Crippen LogP contribution < -0.4 is 14.8 Å². The zero-order chi connectivity index (χ0) is 23.7. The summed E-state index contributed by atoms with van der Waals surface area (Å²) in [7, 11) is 3.24. The van der Waals surface area contributed by atoms with Crippen LogP contribution in [0.15, 0.2) is 85.1 Å². The number of aryl methyl sites for hydroxylation is 1. The van der Waals surface area contributed by atoms with Gasteiger partial charge < -0.3 is 24.3 Å². The van der Waals surface area contributed by atoms with Gasteiger partial charge in [0.05, 0.1) is 32.5 Å². The van der Waals surface area contributed by atoms with Crippen molar-refractivity contribution in [3.8, 4) is 17.2 Å². The Morgan fingerprint density at radius 1 is 0.912 bits per heavy atom. The summed E-state index contributed by atoms with van der Waals surface area (Å²) in [6, 6.07) is 25.4. The molecule has 172 valence electrons. The van der Waals surface area contributed by atoms with E-state index in [1.807, 2.05) is 78.7 Å². The van der Waals surface area contributed by atoms with E-state index < -0.39 is 0 Å². The quantitative estimate of drug-likeness (QED) is 0.416. The van der Waals surface area contributed by atoms with E-state index in [1.54, 1.807) is 14.2 Å². The minimum Gasteiger partial charge on any atom is -0.493 e. The molecule has 0 saturated carbocycles. The fourth-order valence-electron chi connectivity index (χ4n) is 4.55. The predicted molar refractivity (Wildman–Crippen MR) is 133 cm³/mol. The molecule has 0 saturated heterocycles. The summed E-state index contributed by atoms with van der Waals surface area (Å²) in [6.07, 6.45) is 2.04. The molecule has 0 aliphatic carbocycles. The van der Waals surface area contributed by atoms with Crippen LogP contribution >= 0.6 is 0 Å². The Bertz CT molecular complexity index is 1330. The Kier molecular flexibility index (Phi) is 5.72. The van der Waals surface area contributed by atoms with E-state index in [1.165, 1.54) is 0 Å². The number of rotatable bonds is 4. The summed E-state index contributed by atoms with van der Waals surface area (Å²) in [5, 5.41) is 3.09. The second-order valence-corrected chi connectivity index (χ2v) is 8.37. The van der Waals surface area contributed by atoms with Gasteiger partial charge in [-0.3, -0.25) is 0 Å². The van der Waals surface area contributed by atoms with Crippen molar-refractivity contribution in [1.29, 1.82) is 0 Å². The number of anilines is 1. The van der Waals surface area contributed by atoms with Crippen LogP contribution in [-0.2, 0) is 6.54 Å². The number of amides is 2. The van der Waals surface area contributed by atoms with E-state index in [0.717, 1.165) is 33.8 Å². The highest BCUT2D eigenvalue weighted by molar-refractivity contribution is 5.90. The molecule has 1 N–H and O–H groups in total. The van der Waals surface area contributed by atoms with Crippen molar-refractivity contribution >= 4 is 11.7 Å². The average Bonchev–Trinajstić information content (AvgIpc) is 3.29. The third kappa shape index (κ3) is 3.88. The molecule has 1 aliphatic heterocycles. The topological polar surface area (TPSA) is 55.7 Å². The van der Waals surface area contributed by atoms with Gasteiger partial charge >= 0.3 is 6.03 Å². The van der Waals surface area contributed by atoms with E-state index >= 15 is 0 Å².